The number of nitrogens with zero attached hydrogens (tertiary/aromatic N) is 2. The maximum absolute atomic E-state index is 13.4. The molecule has 2 aromatic carbocycles. The molecule has 1 unspecified atom stereocenters. The summed E-state index contributed by atoms with van der Waals surface area (Å²) >= 11 is 0. The predicted molar refractivity (Wildman–Crippen MR) is 116 cm³/mol. The number of carbonyl (C=O) groups excluding carboxylic acids is 1. The van der Waals surface area contributed by atoms with Gasteiger partial charge in [-0.05, 0) is 73.7 Å². The number of halogens is 1. The van der Waals surface area contributed by atoms with Gasteiger partial charge in [0.05, 0.1) is 11.9 Å². The molecule has 1 N–H and O–H groups in total. The van der Waals surface area contributed by atoms with Gasteiger partial charge in [0, 0.05) is 36.9 Å². The van der Waals surface area contributed by atoms with Crippen molar-refractivity contribution in [3.05, 3.63) is 58.9 Å². The molecule has 0 aromatic heterocycles. The minimum atomic E-state index is -3.31. The Hall–Kier alpha value is -2.61. The molecule has 1 atom stereocenters. The Bertz CT molecular complexity index is 1090. The first kappa shape index (κ1) is 20.7. The van der Waals surface area contributed by atoms with E-state index >= 15 is 0 Å². The highest BCUT2D eigenvalue weighted by Crippen LogP contribution is 2.31. The summed E-state index contributed by atoms with van der Waals surface area (Å²) in [7, 11) is -3.31. The second kappa shape index (κ2) is 7.91. The number of fused-ring (bicyclic) bond motifs is 1. The highest BCUT2D eigenvalue weighted by Gasteiger charge is 2.28. The number of sulfonamides is 1. The molecule has 1 amide bonds. The molecule has 2 heterocycles. The zero-order chi connectivity index (χ0) is 21.5. The molecule has 2 aromatic rings. The summed E-state index contributed by atoms with van der Waals surface area (Å²) in [5, 5.41) is 3.11. The maximum Gasteiger partial charge on any atom is 0.251 e. The lowest BCUT2D eigenvalue weighted by Gasteiger charge is -2.35. The predicted octanol–water partition coefficient (Wildman–Crippen LogP) is 2.86. The average molecular weight is 432 g/mol. The summed E-state index contributed by atoms with van der Waals surface area (Å²) in [6, 6.07) is 9.98. The Balaban J connectivity index is 1.45. The maximum atomic E-state index is 13.4. The van der Waals surface area contributed by atoms with Gasteiger partial charge in [-0.1, -0.05) is 0 Å². The molecule has 30 heavy (non-hydrogen) atoms. The number of rotatable bonds is 4. The first-order valence-corrected chi connectivity index (χ1v) is 12.0. The number of aryl methyl sites for hydroxylation is 1. The first-order valence-electron chi connectivity index (χ1n) is 10.1. The molecular weight excluding hydrogens is 405 g/mol. The number of nitrogens with one attached hydrogen (secondary N) is 1. The SMILES string of the molecule is Cc1cc(F)ccc1N1CCCC(NC(=O)c2ccc3c(c2)CCN3S(C)(=O)=O)C1. The van der Waals surface area contributed by atoms with Gasteiger partial charge < -0.3 is 10.2 Å². The van der Waals surface area contributed by atoms with Crippen LogP contribution in [0.5, 0.6) is 0 Å². The number of amides is 1. The van der Waals surface area contributed by atoms with E-state index in [4.69, 9.17) is 0 Å². The smallest absolute Gasteiger partial charge is 0.251 e. The largest absolute Gasteiger partial charge is 0.369 e. The van der Waals surface area contributed by atoms with Crippen molar-refractivity contribution in [1.29, 1.82) is 0 Å². The van der Waals surface area contributed by atoms with E-state index in [9.17, 15) is 17.6 Å². The van der Waals surface area contributed by atoms with Gasteiger partial charge in [-0.3, -0.25) is 9.10 Å². The highest BCUT2D eigenvalue weighted by molar-refractivity contribution is 7.92. The second-order valence-corrected chi connectivity index (χ2v) is 10.0. The Morgan fingerprint density at radius 2 is 1.90 bits per heavy atom. The minimum absolute atomic E-state index is 0.00326. The van der Waals surface area contributed by atoms with E-state index in [0.29, 0.717) is 30.8 Å². The van der Waals surface area contributed by atoms with Gasteiger partial charge in [0.25, 0.3) is 5.91 Å². The van der Waals surface area contributed by atoms with Crippen molar-refractivity contribution in [2.45, 2.75) is 32.2 Å². The van der Waals surface area contributed by atoms with Crippen LogP contribution in [0.25, 0.3) is 0 Å². The van der Waals surface area contributed by atoms with E-state index < -0.39 is 10.0 Å². The Morgan fingerprint density at radius 1 is 1.13 bits per heavy atom. The molecule has 0 radical (unpaired) electrons. The standard InChI is InChI=1S/C22H26FN3O3S/c1-15-12-18(23)6-8-20(15)25-10-3-4-19(14-25)24-22(27)17-5-7-21-16(13-17)9-11-26(21)30(2,28)29/h5-8,12-13,19H,3-4,9-11,14H2,1-2H3,(H,24,27). The van der Waals surface area contributed by atoms with E-state index in [0.717, 1.165) is 36.2 Å². The minimum Gasteiger partial charge on any atom is -0.369 e. The summed E-state index contributed by atoms with van der Waals surface area (Å²) in [5.74, 6) is -0.401. The molecule has 4 rings (SSSR count). The van der Waals surface area contributed by atoms with E-state index in [1.807, 2.05) is 6.92 Å². The van der Waals surface area contributed by atoms with Gasteiger partial charge in [-0.15, -0.1) is 0 Å². The normalized spacial score (nSPS) is 19.0. The van der Waals surface area contributed by atoms with Gasteiger partial charge in [0.2, 0.25) is 10.0 Å². The number of anilines is 2. The third-order valence-electron chi connectivity index (χ3n) is 5.85. The van der Waals surface area contributed by atoms with Crippen molar-refractivity contribution in [3.8, 4) is 0 Å². The van der Waals surface area contributed by atoms with E-state index in [1.54, 1.807) is 24.3 Å². The lowest BCUT2D eigenvalue weighted by atomic mass is 10.0. The van der Waals surface area contributed by atoms with Gasteiger partial charge in [-0.25, -0.2) is 12.8 Å². The van der Waals surface area contributed by atoms with Crippen LogP contribution in [0.2, 0.25) is 0 Å². The number of hydrogen-bond acceptors (Lipinski definition) is 4. The van der Waals surface area contributed by atoms with Crippen molar-refractivity contribution in [2.75, 3.05) is 35.1 Å². The molecule has 0 bridgehead atoms. The highest BCUT2D eigenvalue weighted by atomic mass is 32.2. The third-order valence-corrected chi connectivity index (χ3v) is 7.03. The first-order chi connectivity index (χ1) is 14.2. The van der Waals surface area contributed by atoms with Gasteiger partial charge in [0.1, 0.15) is 5.82 Å². The lowest BCUT2D eigenvalue weighted by molar-refractivity contribution is 0.0933. The molecule has 0 spiro atoms. The van der Waals surface area contributed by atoms with Crippen LogP contribution >= 0.6 is 0 Å². The quantitative estimate of drug-likeness (QED) is 0.808. The van der Waals surface area contributed by atoms with Gasteiger partial charge >= 0.3 is 0 Å². The fourth-order valence-corrected chi connectivity index (χ4v) is 5.37. The van der Waals surface area contributed by atoms with Crippen LogP contribution < -0.4 is 14.5 Å². The van der Waals surface area contributed by atoms with Crippen LogP contribution in [0.3, 0.4) is 0 Å². The summed E-state index contributed by atoms with van der Waals surface area (Å²) in [5.41, 5.74) is 3.95. The number of carbonyl (C=O) groups is 1. The monoisotopic (exact) mass is 431 g/mol. The van der Waals surface area contributed by atoms with Crippen molar-refractivity contribution in [2.24, 2.45) is 0 Å². The number of benzene rings is 2. The van der Waals surface area contributed by atoms with Crippen LogP contribution in [-0.4, -0.2) is 46.3 Å². The summed E-state index contributed by atoms with van der Waals surface area (Å²) < 4.78 is 38.6. The summed E-state index contributed by atoms with van der Waals surface area (Å²) in [6.45, 7) is 3.85. The van der Waals surface area contributed by atoms with Crippen molar-refractivity contribution in [3.63, 3.8) is 0 Å². The fraction of sp³-hybridized carbons (Fsp3) is 0.409. The number of piperidine rings is 1. The molecule has 2 aliphatic heterocycles. The molecule has 1 fully saturated rings. The second-order valence-electron chi connectivity index (χ2n) is 8.12. The van der Waals surface area contributed by atoms with E-state index in [2.05, 4.69) is 10.2 Å². The Kier molecular flexibility index (Phi) is 5.44. The molecule has 0 aliphatic carbocycles. The topological polar surface area (TPSA) is 69.7 Å². The molecular formula is C22H26FN3O3S. The summed E-state index contributed by atoms with van der Waals surface area (Å²) in [4.78, 5) is 15.0. The third kappa shape index (κ3) is 4.14. The van der Waals surface area contributed by atoms with Gasteiger partial charge in [-0.2, -0.15) is 0 Å². The van der Waals surface area contributed by atoms with Crippen LogP contribution in [0.4, 0.5) is 15.8 Å². The average Bonchev–Trinajstić information content (AvgIpc) is 3.12. The molecule has 8 heteroatoms. The fourth-order valence-electron chi connectivity index (χ4n) is 4.41. The molecule has 1 saturated heterocycles. The molecule has 0 saturated carbocycles. The van der Waals surface area contributed by atoms with Crippen LogP contribution in [0.15, 0.2) is 36.4 Å². The van der Waals surface area contributed by atoms with Crippen molar-refractivity contribution >= 4 is 27.3 Å². The van der Waals surface area contributed by atoms with Gasteiger partial charge in [0.15, 0.2) is 0 Å². The Morgan fingerprint density at radius 3 is 2.63 bits per heavy atom. The zero-order valence-corrected chi connectivity index (χ0v) is 18.0. The molecule has 2 aliphatic rings. The van der Waals surface area contributed by atoms with Crippen molar-refractivity contribution < 1.29 is 17.6 Å². The van der Waals surface area contributed by atoms with Crippen molar-refractivity contribution in [1.82, 2.24) is 5.32 Å². The number of hydrogen-bond donors (Lipinski definition) is 1. The van der Waals surface area contributed by atoms with E-state index in [1.165, 1.54) is 22.7 Å². The zero-order valence-electron chi connectivity index (χ0n) is 17.2. The lowest BCUT2D eigenvalue weighted by Crippen LogP contribution is -2.48. The molecule has 160 valence electrons. The molecule has 6 nitrogen and oxygen atoms in total. The Labute approximate surface area is 176 Å². The van der Waals surface area contributed by atoms with E-state index in [-0.39, 0.29) is 17.8 Å². The van der Waals surface area contributed by atoms with Crippen LogP contribution in [0, 0.1) is 12.7 Å². The summed E-state index contributed by atoms with van der Waals surface area (Å²) in [6.07, 6.45) is 3.62. The van der Waals surface area contributed by atoms with Crippen LogP contribution in [0.1, 0.15) is 34.3 Å². The van der Waals surface area contributed by atoms with Crippen LogP contribution in [-0.2, 0) is 16.4 Å².